The summed E-state index contributed by atoms with van der Waals surface area (Å²) < 4.78 is 16.2. The summed E-state index contributed by atoms with van der Waals surface area (Å²) in [7, 11) is 3.87. The van der Waals surface area contributed by atoms with Crippen LogP contribution in [0.3, 0.4) is 0 Å². The van der Waals surface area contributed by atoms with Crippen molar-refractivity contribution in [2.24, 2.45) is 0 Å². The van der Waals surface area contributed by atoms with Gasteiger partial charge in [0, 0.05) is 13.2 Å². The van der Waals surface area contributed by atoms with Gasteiger partial charge in [-0.2, -0.15) is 0 Å². The molecule has 0 spiro atoms. The fourth-order valence-electron chi connectivity index (χ4n) is 2.98. The molecule has 2 atom stereocenters. The SMILES string of the molecule is COCCOc1ccc(C2=CC3COCC(C2)N3C)cc1. The minimum atomic E-state index is 0.408. The molecule has 0 N–H and O–H groups in total. The van der Waals surface area contributed by atoms with E-state index in [0.717, 1.165) is 25.4 Å². The fourth-order valence-corrected chi connectivity index (χ4v) is 2.98. The van der Waals surface area contributed by atoms with Crippen molar-refractivity contribution in [2.45, 2.75) is 18.5 Å². The standard InChI is InChI=1S/C17H23NO3/c1-18-15-9-14(10-16(18)12-20-11-15)13-3-5-17(6-4-13)21-8-7-19-2/h3-6,9,15-16H,7-8,10-12H2,1-2H3. The largest absolute Gasteiger partial charge is 0.491 e. The third-order valence-corrected chi connectivity index (χ3v) is 4.33. The molecule has 3 rings (SSSR count). The minimum absolute atomic E-state index is 0.408. The van der Waals surface area contributed by atoms with Crippen LogP contribution in [-0.2, 0) is 9.47 Å². The summed E-state index contributed by atoms with van der Waals surface area (Å²) in [5, 5.41) is 0. The summed E-state index contributed by atoms with van der Waals surface area (Å²) in [4.78, 5) is 2.43. The Morgan fingerprint density at radius 3 is 2.71 bits per heavy atom. The van der Waals surface area contributed by atoms with Crippen molar-refractivity contribution < 1.29 is 14.2 Å². The van der Waals surface area contributed by atoms with Gasteiger partial charge in [0.1, 0.15) is 12.4 Å². The molecule has 0 amide bonds. The highest BCUT2D eigenvalue weighted by atomic mass is 16.5. The number of morpholine rings is 1. The number of nitrogens with zero attached hydrogens (tertiary/aromatic N) is 1. The summed E-state index contributed by atoms with van der Waals surface area (Å²) >= 11 is 0. The van der Waals surface area contributed by atoms with Crippen LogP contribution in [0.4, 0.5) is 0 Å². The van der Waals surface area contributed by atoms with Crippen molar-refractivity contribution in [3.8, 4) is 5.75 Å². The first kappa shape index (κ1) is 14.6. The molecule has 2 heterocycles. The van der Waals surface area contributed by atoms with E-state index in [9.17, 15) is 0 Å². The van der Waals surface area contributed by atoms with Crippen LogP contribution in [0.25, 0.3) is 5.57 Å². The van der Waals surface area contributed by atoms with Crippen LogP contribution in [0.5, 0.6) is 5.75 Å². The lowest BCUT2D eigenvalue weighted by Crippen LogP contribution is -2.51. The normalized spacial score (nSPS) is 25.5. The quantitative estimate of drug-likeness (QED) is 0.778. The third kappa shape index (κ3) is 3.28. The van der Waals surface area contributed by atoms with Gasteiger partial charge in [-0.15, -0.1) is 0 Å². The molecule has 4 heteroatoms. The molecule has 114 valence electrons. The van der Waals surface area contributed by atoms with Gasteiger partial charge in [0.2, 0.25) is 0 Å². The summed E-state index contributed by atoms with van der Waals surface area (Å²) in [6, 6.07) is 9.28. The van der Waals surface area contributed by atoms with Crippen molar-refractivity contribution in [1.82, 2.24) is 4.90 Å². The molecule has 1 saturated heterocycles. The molecular weight excluding hydrogens is 266 g/mol. The van der Waals surface area contributed by atoms with Crippen LogP contribution in [0.15, 0.2) is 30.3 Å². The van der Waals surface area contributed by atoms with Gasteiger partial charge in [-0.1, -0.05) is 18.2 Å². The van der Waals surface area contributed by atoms with E-state index in [2.05, 4.69) is 30.2 Å². The first-order valence-electron chi connectivity index (χ1n) is 7.50. The van der Waals surface area contributed by atoms with Crippen LogP contribution in [0.2, 0.25) is 0 Å². The molecule has 1 aromatic carbocycles. The highest BCUT2D eigenvalue weighted by Gasteiger charge is 2.32. The number of ether oxygens (including phenoxy) is 3. The molecule has 2 bridgehead atoms. The van der Waals surface area contributed by atoms with Gasteiger partial charge in [0.25, 0.3) is 0 Å². The lowest BCUT2D eigenvalue weighted by Gasteiger charge is -2.42. The molecule has 4 nitrogen and oxygen atoms in total. The Balaban J connectivity index is 1.69. The second kappa shape index (κ2) is 6.60. The van der Waals surface area contributed by atoms with Crippen LogP contribution in [0.1, 0.15) is 12.0 Å². The van der Waals surface area contributed by atoms with Crippen molar-refractivity contribution in [1.29, 1.82) is 0 Å². The Labute approximate surface area is 126 Å². The van der Waals surface area contributed by atoms with Gasteiger partial charge in [0.05, 0.1) is 25.9 Å². The zero-order valence-electron chi connectivity index (χ0n) is 12.7. The molecule has 0 radical (unpaired) electrons. The molecule has 21 heavy (non-hydrogen) atoms. The number of hydrogen-bond donors (Lipinski definition) is 0. The maximum atomic E-state index is 5.65. The summed E-state index contributed by atoms with van der Waals surface area (Å²) in [6.07, 6.45) is 3.40. The lowest BCUT2D eigenvalue weighted by molar-refractivity contribution is -0.0221. The fraction of sp³-hybridized carbons (Fsp3) is 0.529. The smallest absolute Gasteiger partial charge is 0.119 e. The van der Waals surface area contributed by atoms with E-state index in [-0.39, 0.29) is 0 Å². The second-order valence-corrected chi connectivity index (χ2v) is 5.69. The third-order valence-electron chi connectivity index (χ3n) is 4.33. The molecule has 2 aliphatic rings. The first-order valence-corrected chi connectivity index (χ1v) is 7.50. The Bertz CT molecular complexity index is 497. The minimum Gasteiger partial charge on any atom is -0.491 e. The number of rotatable bonds is 5. The molecular formula is C17H23NO3. The van der Waals surface area contributed by atoms with Crippen LogP contribution in [-0.4, -0.2) is 57.6 Å². The number of hydrogen-bond acceptors (Lipinski definition) is 4. The van der Waals surface area contributed by atoms with Crippen LogP contribution in [0, 0.1) is 0 Å². The summed E-state index contributed by atoms with van der Waals surface area (Å²) in [5.41, 5.74) is 2.72. The summed E-state index contributed by atoms with van der Waals surface area (Å²) in [5.74, 6) is 0.896. The van der Waals surface area contributed by atoms with Gasteiger partial charge in [-0.05, 0) is 36.7 Å². The highest BCUT2D eigenvalue weighted by molar-refractivity contribution is 5.68. The Hall–Kier alpha value is -1.36. The van der Waals surface area contributed by atoms with Crippen LogP contribution < -0.4 is 4.74 Å². The zero-order chi connectivity index (χ0) is 14.7. The first-order chi connectivity index (χ1) is 10.3. The topological polar surface area (TPSA) is 30.9 Å². The predicted octanol–water partition coefficient (Wildman–Crippen LogP) is 2.20. The molecule has 2 aliphatic heterocycles. The average Bonchev–Trinajstić information content (AvgIpc) is 2.48. The van der Waals surface area contributed by atoms with Crippen molar-refractivity contribution >= 4 is 5.57 Å². The number of benzene rings is 1. The van der Waals surface area contributed by atoms with E-state index in [0.29, 0.717) is 25.3 Å². The van der Waals surface area contributed by atoms with Gasteiger partial charge in [0.15, 0.2) is 0 Å². The number of likely N-dealkylation sites (N-methyl/N-ethyl adjacent to an activating group) is 1. The van der Waals surface area contributed by atoms with Gasteiger partial charge in [-0.3, -0.25) is 4.90 Å². The van der Waals surface area contributed by atoms with Crippen molar-refractivity contribution in [3.63, 3.8) is 0 Å². The molecule has 1 fully saturated rings. The van der Waals surface area contributed by atoms with E-state index in [1.165, 1.54) is 11.1 Å². The Kier molecular flexibility index (Phi) is 4.58. The lowest BCUT2D eigenvalue weighted by atomic mass is 9.90. The highest BCUT2D eigenvalue weighted by Crippen LogP contribution is 2.32. The molecule has 1 aromatic rings. The van der Waals surface area contributed by atoms with E-state index < -0.39 is 0 Å². The van der Waals surface area contributed by atoms with E-state index in [4.69, 9.17) is 14.2 Å². The van der Waals surface area contributed by atoms with Crippen molar-refractivity contribution in [3.05, 3.63) is 35.9 Å². The molecule has 2 unspecified atom stereocenters. The maximum absolute atomic E-state index is 5.65. The number of methoxy groups -OCH3 is 1. The van der Waals surface area contributed by atoms with E-state index >= 15 is 0 Å². The van der Waals surface area contributed by atoms with Gasteiger partial charge in [-0.25, -0.2) is 0 Å². The predicted molar refractivity (Wildman–Crippen MR) is 82.6 cm³/mol. The van der Waals surface area contributed by atoms with Gasteiger partial charge >= 0.3 is 0 Å². The zero-order valence-corrected chi connectivity index (χ0v) is 12.7. The van der Waals surface area contributed by atoms with Gasteiger partial charge < -0.3 is 14.2 Å². The van der Waals surface area contributed by atoms with E-state index in [1.54, 1.807) is 7.11 Å². The Morgan fingerprint density at radius 2 is 2.00 bits per heavy atom. The molecule has 0 saturated carbocycles. The van der Waals surface area contributed by atoms with E-state index in [1.807, 2.05) is 12.1 Å². The van der Waals surface area contributed by atoms with Crippen molar-refractivity contribution in [2.75, 3.05) is 40.6 Å². The monoisotopic (exact) mass is 289 g/mol. The van der Waals surface area contributed by atoms with Crippen LogP contribution >= 0.6 is 0 Å². The molecule has 0 aliphatic carbocycles. The summed E-state index contributed by atoms with van der Waals surface area (Å²) in [6.45, 7) is 2.84. The number of fused-ring (bicyclic) bond motifs is 2. The Morgan fingerprint density at radius 1 is 1.19 bits per heavy atom. The molecule has 0 aromatic heterocycles. The maximum Gasteiger partial charge on any atom is 0.119 e. The average molecular weight is 289 g/mol. The second-order valence-electron chi connectivity index (χ2n) is 5.69.